The summed E-state index contributed by atoms with van der Waals surface area (Å²) in [6, 6.07) is 6.89. The maximum absolute atomic E-state index is 12.8. The monoisotopic (exact) mass is 377 g/mol. The molecule has 0 amide bonds. The molecule has 1 aromatic carbocycles. The zero-order valence-electron chi connectivity index (χ0n) is 17.9. The van der Waals surface area contributed by atoms with Crippen molar-refractivity contribution in [3.05, 3.63) is 35.6 Å². The van der Waals surface area contributed by atoms with Crippen molar-refractivity contribution in [2.24, 2.45) is 0 Å². The van der Waals surface area contributed by atoms with Crippen molar-refractivity contribution in [2.75, 3.05) is 13.1 Å². The van der Waals surface area contributed by atoms with Crippen molar-refractivity contribution in [3.8, 4) is 0 Å². The molecule has 1 N–H and O–H groups in total. The Hall–Kier alpha value is -0.890. The minimum atomic E-state index is -0.144. The van der Waals surface area contributed by atoms with E-state index in [1.54, 1.807) is 12.1 Å². The fourth-order valence-corrected chi connectivity index (χ4v) is 3.64. The Kier molecular flexibility index (Phi) is 16.5. The van der Waals surface area contributed by atoms with Crippen molar-refractivity contribution >= 4 is 0 Å². The second-order valence-electron chi connectivity index (χ2n) is 8.08. The summed E-state index contributed by atoms with van der Waals surface area (Å²) in [5, 5.41) is 3.54. The summed E-state index contributed by atoms with van der Waals surface area (Å²) in [7, 11) is 0. The van der Waals surface area contributed by atoms with Gasteiger partial charge in [0.2, 0.25) is 0 Å². The Labute approximate surface area is 168 Å². The molecule has 1 aromatic rings. The van der Waals surface area contributed by atoms with Crippen molar-refractivity contribution in [3.63, 3.8) is 0 Å². The predicted molar refractivity (Wildman–Crippen MR) is 118 cm³/mol. The molecule has 0 radical (unpaired) electrons. The minimum absolute atomic E-state index is 0.144. The normalized spacial score (nSPS) is 11.2. The van der Waals surface area contributed by atoms with Gasteiger partial charge in [-0.2, -0.15) is 0 Å². The number of aryl methyl sites for hydroxylation is 1. The van der Waals surface area contributed by atoms with E-state index in [0.29, 0.717) is 0 Å². The third-order valence-corrected chi connectivity index (χ3v) is 5.44. The van der Waals surface area contributed by atoms with Crippen LogP contribution in [0.15, 0.2) is 24.3 Å². The lowest BCUT2D eigenvalue weighted by Crippen LogP contribution is -2.17. The molecule has 0 bridgehead atoms. The van der Waals surface area contributed by atoms with Gasteiger partial charge in [-0.05, 0) is 50.0 Å². The Balaban J connectivity index is 1.71. The van der Waals surface area contributed by atoms with Gasteiger partial charge in [-0.25, -0.2) is 4.39 Å². The molecular weight excluding hydrogens is 333 g/mol. The molecule has 0 heterocycles. The van der Waals surface area contributed by atoms with Gasteiger partial charge >= 0.3 is 0 Å². The van der Waals surface area contributed by atoms with Gasteiger partial charge in [0.25, 0.3) is 0 Å². The smallest absolute Gasteiger partial charge is 0.123 e. The molecule has 0 aromatic heterocycles. The van der Waals surface area contributed by atoms with Gasteiger partial charge < -0.3 is 5.32 Å². The molecule has 0 unspecified atom stereocenters. The fourth-order valence-electron chi connectivity index (χ4n) is 3.64. The lowest BCUT2D eigenvalue weighted by Gasteiger charge is -2.06. The van der Waals surface area contributed by atoms with Gasteiger partial charge in [0, 0.05) is 0 Å². The van der Waals surface area contributed by atoms with E-state index in [1.165, 1.54) is 95.5 Å². The van der Waals surface area contributed by atoms with E-state index < -0.39 is 0 Å². The van der Waals surface area contributed by atoms with E-state index in [4.69, 9.17) is 0 Å². The average molecular weight is 378 g/mol. The summed E-state index contributed by atoms with van der Waals surface area (Å²) >= 11 is 0. The molecule has 0 saturated carbocycles. The van der Waals surface area contributed by atoms with Crippen LogP contribution in [0.1, 0.15) is 109 Å². The number of benzene rings is 1. The fraction of sp³-hybridized carbons (Fsp3) is 0.760. The maximum atomic E-state index is 12.8. The summed E-state index contributed by atoms with van der Waals surface area (Å²) < 4.78 is 12.8. The largest absolute Gasteiger partial charge is 0.317 e. The Morgan fingerprint density at radius 2 is 1.04 bits per heavy atom. The van der Waals surface area contributed by atoms with Crippen LogP contribution in [0.5, 0.6) is 0 Å². The third kappa shape index (κ3) is 15.8. The van der Waals surface area contributed by atoms with Gasteiger partial charge in [-0.1, -0.05) is 103 Å². The number of unbranched alkanes of at least 4 members (excludes halogenated alkanes) is 13. The van der Waals surface area contributed by atoms with Crippen LogP contribution in [0.2, 0.25) is 0 Å². The molecule has 0 spiro atoms. The van der Waals surface area contributed by atoms with Crippen LogP contribution in [-0.2, 0) is 6.42 Å². The van der Waals surface area contributed by atoms with E-state index in [-0.39, 0.29) is 5.82 Å². The molecule has 1 rings (SSSR count). The zero-order chi connectivity index (χ0) is 19.4. The van der Waals surface area contributed by atoms with Crippen molar-refractivity contribution < 1.29 is 4.39 Å². The van der Waals surface area contributed by atoms with Crippen LogP contribution in [-0.4, -0.2) is 13.1 Å². The van der Waals surface area contributed by atoms with Crippen molar-refractivity contribution in [1.82, 2.24) is 5.32 Å². The predicted octanol–water partition coefficient (Wildman–Crippen LogP) is 7.83. The van der Waals surface area contributed by atoms with Gasteiger partial charge in [0.15, 0.2) is 0 Å². The van der Waals surface area contributed by atoms with Crippen molar-refractivity contribution in [2.45, 2.75) is 110 Å². The highest BCUT2D eigenvalue weighted by molar-refractivity contribution is 5.15. The second-order valence-corrected chi connectivity index (χ2v) is 8.08. The molecule has 1 nitrogen and oxygen atoms in total. The minimum Gasteiger partial charge on any atom is -0.317 e. The first-order valence-electron chi connectivity index (χ1n) is 11.8. The Morgan fingerprint density at radius 3 is 1.56 bits per heavy atom. The van der Waals surface area contributed by atoms with Gasteiger partial charge in [0.05, 0.1) is 0 Å². The highest BCUT2D eigenvalue weighted by Crippen LogP contribution is 2.12. The first kappa shape index (κ1) is 24.1. The topological polar surface area (TPSA) is 12.0 Å². The summed E-state index contributed by atoms with van der Waals surface area (Å²) in [4.78, 5) is 0. The van der Waals surface area contributed by atoms with E-state index in [1.807, 2.05) is 12.1 Å². The van der Waals surface area contributed by atoms with E-state index in [0.717, 1.165) is 25.9 Å². The van der Waals surface area contributed by atoms with Crippen LogP contribution in [0, 0.1) is 5.82 Å². The van der Waals surface area contributed by atoms with Crippen LogP contribution in [0.3, 0.4) is 0 Å². The summed E-state index contributed by atoms with van der Waals surface area (Å²) in [5.41, 5.74) is 1.23. The van der Waals surface area contributed by atoms with Crippen LogP contribution >= 0.6 is 0 Å². The quantitative estimate of drug-likeness (QED) is 0.242. The number of hydrogen-bond acceptors (Lipinski definition) is 1. The van der Waals surface area contributed by atoms with Gasteiger partial charge in [0.1, 0.15) is 5.82 Å². The molecule has 2 heteroatoms. The summed E-state index contributed by atoms with van der Waals surface area (Å²) in [5.74, 6) is -0.144. The Morgan fingerprint density at radius 1 is 0.593 bits per heavy atom. The third-order valence-electron chi connectivity index (χ3n) is 5.44. The SMILES string of the molecule is CCCCCCCCCCCCCCCCNCCCc1ccc(F)cc1. The molecule has 156 valence electrons. The first-order valence-corrected chi connectivity index (χ1v) is 11.8. The average Bonchev–Trinajstić information content (AvgIpc) is 2.68. The molecule has 27 heavy (non-hydrogen) atoms. The zero-order valence-corrected chi connectivity index (χ0v) is 17.9. The molecule has 0 saturated heterocycles. The van der Waals surface area contributed by atoms with Crippen molar-refractivity contribution in [1.29, 1.82) is 0 Å². The number of halogens is 1. The van der Waals surface area contributed by atoms with Gasteiger partial charge in [-0.3, -0.25) is 0 Å². The number of rotatable bonds is 19. The highest BCUT2D eigenvalue weighted by Gasteiger charge is 1.96. The van der Waals surface area contributed by atoms with Crippen LogP contribution in [0.25, 0.3) is 0 Å². The summed E-state index contributed by atoms with van der Waals surface area (Å²) in [6.45, 7) is 4.49. The molecule has 0 aliphatic heterocycles. The molecule has 0 aliphatic carbocycles. The lowest BCUT2D eigenvalue weighted by atomic mass is 10.0. The van der Waals surface area contributed by atoms with Crippen LogP contribution in [0.4, 0.5) is 4.39 Å². The Bertz CT molecular complexity index is 415. The van der Waals surface area contributed by atoms with E-state index >= 15 is 0 Å². The molecule has 0 aliphatic rings. The lowest BCUT2D eigenvalue weighted by molar-refractivity contribution is 0.528. The number of hydrogen-bond donors (Lipinski definition) is 1. The number of nitrogens with one attached hydrogen (secondary N) is 1. The second kappa shape index (κ2) is 18.5. The van der Waals surface area contributed by atoms with E-state index in [9.17, 15) is 4.39 Å². The van der Waals surface area contributed by atoms with Crippen LogP contribution < -0.4 is 5.32 Å². The van der Waals surface area contributed by atoms with E-state index in [2.05, 4.69) is 12.2 Å². The first-order chi connectivity index (χ1) is 13.3. The van der Waals surface area contributed by atoms with Gasteiger partial charge in [-0.15, -0.1) is 0 Å². The maximum Gasteiger partial charge on any atom is 0.123 e. The highest BCUT2D eigenvalue weighted by atomic mass is 19.1. The summed E-state index contributed by atoms with van der Waals surface area (Å²) in [6.07, 6.45) is 22.0. The molecular formula is C25H44FN. The molecule has 0 fully saturated rings. The standard InChI is InChI=1S/C25H44FN/c1-2-3-4-5-6-7-8-9-10-11-12-13-14-15-22-27-23-16-17-24-18-20-25(26)21-19-24/h18-21,27H,2-17,22-23H2,1H3. The molecule has 0 atom stereocenters.